The monoisotopic (exact) mass is 467 g/mol. The van der Waals surface area contributed by atoms with E-state index in [1.807, 2.05) is 24.3 Å². The molecule has 0 aromatic heterocycles. The van der Waals surface area contributed by atoms with Crippen LogP contribution in [-0.4, -0.2) is 12.1 Å². The van der Waals surface area contributed by atoms with Gasteiger partial charge in [-0.2, -0.15) is 0 Å². The van der Waals surface area contributed by atoms with Crippen LogP contribution >= 0.6 is 34.8 Å². The molecule has 0 heterocycles. The topological polar surface area (TPSA) is 58.4 Å². The first-order valence-corrected chi connectivity index (χ1v) is 11.6. The van der Waals surface area contributed by atoms with Gasteiger partial charge in [0.2, 0.25) is 0 Å². The maximum atomic E-state index is 12.4. The highest BCUT2D eigenvalue weighted by atomic mass is 35.5. The van der Waals surface area contributed by atoms with Crippen molar-refractivity contribution in [2.24, 2.45) is 11.7 Å². The van der Waals surface area contributed by atoms with Crippen molar-refractivity contribution < 1.29 is 4.79 Å². The molecule has 1 unspecified atom stereocenters. The molecule has 3 N–H and O–H groups in total. The van der Waals surface area contributed by atoms with Crippen LogP contribution in [0.5, 0.6) is 0 Å². The van der Waals surface area contributed by atoms with Gasteiger partial charge >= 0.3 is 6.03 Å². The van der Waals surface area contributed by atoms with Crippen molar-refractivity contribution in [1.29, 1.82) is 0 Å². The number of benzene rings is 2. The van der Waals surface area contributed by atoms with Crippen molar-refractivity contribution >= 4 is 52.2 Å². The van der Waals surface area contributed by atoms with E-state index in [0.29, 0.717) is 24.0 Å². The molecule has 2 aromatic carbocycles. The number of carbonyl (C=O) groups excluding carboxylic acids is 1. The average molecular weight is 469 g/mol. The minimum Gasteiger partial charge on any atom is -0.351 e. The molecule has 3 rings (SSSR count). The van der Waals surface area contributed by atoms with Gasteiger partial charge in [0.05, 0.1) is 26.4 Å². The van der Waals surface area contributed by atoms with Crippen LogP contribution in [0.2, 0.25) is 15.1 Å². The lowest BCUT2D eigenvalue weighted by Gasteiger charge is -2.27. The largest absolute Gasteiger partial charge is 0.351 e. The molecule has 1 atom stereocenters. The zero-order valence-electron chi connectivity index (χ0n) is 17.1. The van der Waals surface area contributed by atoms with Crippen molar-refractivity contribution in [2.75, 3.05) is 4.90 Å². The Morgan fingerprint density at radius 3 is 2.40 bits per heavy atom. The van der Waals surface area contributed by atoms with Crippen LogP contribution in [0.3, 0.4) is 0 Å². The summed E-state index contributed by atoms with van der Waals surface area (Å²) in [7, 11) is 0. The molecule has 0 bridgehead atoms. The number of halogens is 3. The molecule has 30 heavy (non-hydrogen) atoms. The second-order valence-electron chi connectivity index (χ2n) is 8.05. The SMILES string of the molecule is CC(CC1CCCCC1)NCc1ccccc1N(C(N)=O)c1cc(Cl)c(Cl)c(Cl)c1. The summed E-state index contributed by atoms with van der Waals surface area (Å²) in [5.41, 5.74) is 7.87. The summed E-state index contributed by atoms with van der Waals surface area (Å²) in [5.74, 6) is 0.803. The number of nitrogens with two attached hydrogens (primary N) is 1. The second-order valence-corrected chi connectivity index (χ2v) is 9.24. The van der Waals surface area contributed by atoms with Gasteiger partial charge in [-0.3, -0.25) is 4.90 Å². The van der Waals surface area contributed by atoms with Crippen molar-refractivity contribution in [3.05, 3.63) is 57.0 Å². The van der Waals surface area contributed by atoms with Crippen LogP contribution in [0.1, 0.15) is 51.0 Å². The van der Waals surface area contributed by atoms with Gasteiger partial charge in [0.1, 0.15) is 0 Å². The smallest absolute Gasteiger partial charge is 0.323 e. The Labute approximate surface area is 193 Å². The van der Waals surface area contributed by atoms with E-state index in [0.717, 1.165) is 11.5 Å². The first kappa shape index (κ1) is 23.2. The molecule has 1 aliphatic carbocycles. The van der Waals surface area contributed by atoms with Crippen LogP contribution in [0, 0.1) is 5.92 Å². The molecule has 0 radical (unpaired) electrons. The third-order valence-corrected chi connectivity index (χ3v) is 6.93. The van der Waals surface area contributed by atoms with Gasteiger partial charge in [-0.15, -0.1) is 0 Å². The average Bonchev–Trinajstić information content (AvgIpc) is 2.72. The van der Waals surface area contributed by atoms with Gasteiger partial charge in [0.25, 0.3) is 0 Å². The lowest BCUT2D eigenvalue weighted by atomic mass is 9.85. The third-order valence-electron chi connectivity index (χ3n) is 5.73. The Hall–Kier alpha value is -1.46. The molecule has 7 heteroatoms. The quantitative estimate of drug-likeness (QED) is 0.418. The minimum absolute atomic E-state index is 0.248. The summed E-state index contributed by atoms with van der Waals surface area (Å²) in [4.78, 5) is 13.8. The highest BCUT2D eigenvalue weighted by Crippen LogP contribution is 2.38. The van der Waals surface area contributed by atoms with Gasteiger partial charge in [-0.05, 0) is 43.0 Å². The van der Waals surface area contributed by atoms with Crippen LogP contribution in [0.4, 0.5) is 16.2 Å². The zero-order chi connectivity index (χ0) is 21.7. The minimum atomic E-state index is -0.618. The summed E-state index contributed by atoms with van der Waals surface area (Å²) < 4.78 is 0. The summed E-state index contributed by atoms with van der Waals surface area (Å²) in [6.45, 7) is 2.85. The Balaban J connectivity index is 1.79. The molecular weight excluding hydrogens is 441 g/mol. The molecule has 1 fully saturated rings. The fourth-order valence-electron chi connectivity index (χ4n) is 4.23. The number of carbonyl (C=O) groups is 1. The number of hydrogen-bond acceptors (Lipinski definition) is 2. The number of amides is 2. The molecule has 1 aliphatic rings. The van der Waals surface area contributed by atoms with Crippen molar-refractivity contribution in [1.82, 2.24) is 5.32 Å². The maximum absolute atomic E-state index is 12.4. The molecule has 4 nitrogen and oxygen atoms in total. The number of nitrogens with zero attached hydrogens (tertiary/aromatic N) is 1. The standard InChI is InChI=1S/C23H28Cl3N3O/c1-15(11-16-7-3-2-4-8-16)28-14-17-9-5-6-10-21(17)29(23(27)30)18-12-19(24)22(26)20(25)13-18/h5-6,9-10,12-13,15-16,28H,2-4,7-8,11,14H2,1H3,(H2,27,30). The summed E-state index contributed by atoms with van der Waals surface area (Å²) in [5, 5.41) is 4.39. The van der Waals surface area contributed by atoms with E-state index in [1.165, 1.54) is 43.4 Å². The fraction of sp³-hybridized carbons (Fsp3) is 0.435. The van der Waals surface area contributed by atoms with Gasteiger partial charge < -0.3 is 11.1 Å². The van der Waals surface area contributed by atoms with E-state index in [1.54, 1.807) is 12.1 Å². The van der Waals surface area contributed by atoms with Crippen LogP contribution in [0.25, 0.3) is 0 Å². The van der Waals surface area contributed by atoms with E-state index in [2.05, 4.69) is 12.2 Å². The molecule has 0 saturated heterocycles. The van der Waals surface area contributed by atoms with Gasteiger partial charge in [-0.1, -0.05) is 85.1 Å². The second kappa shape index (κ2) is 10.7. The predicted octanol–water partition coefficient (Wildman–Crippen LogP) is 7.31. The Bertz CT molecular complexity index is 861. The Kier molecular flexibility index (Phi) is 8.29. The fourth-order valence-corrected chi connectivity index (χ4v) is 4.81. The van der Waals surface area contributed by atoms with Crippen LogP contribution in [-0.2, 0) is 6.54 Å². The van der Waals surface area contributed by atoms with Crippen molar-refractivity contribution in [3.8, 4) is 0 Å². The molecule has 0 spiro atoms. The van der Waals surface area contributed by atoms with Gasteiger partial charge in [0.15, 0.2) is 0 Å². The van der Waals surface area contributed by atoms with Crippen molar-refractivity contribution in [2.45, 2.75) is 58.0 Å². The molecule has 2 aromatic rings. The molecule has 162 valence electrons. The summed E-state index contributed by atoms with van der Waals surface area (Å²) in [6, 6.07) is 10.6. The summed E-state index contributed by atoms with van der Waals surface area (Å²) >= 11 is 18.4. The normalized spacial score (nSPS) is 15.7. The van der Waals surface area contributed by atoms with Gasteiger partial charge in [0, 0.05) is 12.6 Å². The number of hydrogen-bond donors (Lipinski definition) is 2. The van der Waals surface area contributed by atoms with Crippen molar-refractivity contribution in [3.63, 3.8) is 0 Å². The van der Waals surface area contributed by atoms with E-state index in [4.69, 9.17) is 40.5 Å². The molecule has 2 amide bonds. The maximum Gasteiger partial charge on any atom is 0.323 e. The predicted molar refractivity (Wildman–Crippen MR) is 127 cm³/mol. The molecular formula is C23H28Cl3N3O. The number of nitrogens with one attached hydrogen (secondary N) is 1. The first-order chi connectivity index (χ1) is 14.4. The first-order valence-electron chi connectivity index (χ1n) is 10.4. The van der Waals surface area contributed by atoms with Crippen LogP contribution in [0.15, 0.2) is 36.4 Å². The number of primary amides is 1. The highest BCUT2D eigenvalue weighted by molar-refractivity contribution is 6.48. The highest BCUT2D eigenvalue weighted by Gasteiger charge is 2.21. The number of urea groups is 1. The van der Waals surface area contributed by atoms with E-state index >= 15 is 0 Å². The Morgan fingerprint density at radius 1 is 1.13 bits per heavy atom. The number of rotatable bonds is 7. The van der Waals surface area contributed by atoms with E-state index < -0.39 is 6.03 Å². The van der Waals surface area contributed by atoms with E-state index in [-0.39, 0.29) is 15.1 Å². The number of para-hydroxylation sites is 1. The lowest BCUT2D eigenvalue weighted by Crippen LogP contribution is -2.33. The van der Waals surface area contributed by atoms with Crippen LogP contribution < -0.4 is 16.0 Å². The summed E-state index contributed by atoms with van der Waals surface area (Å²) in [6.07, 6.45) is 7.89. The van der Waals surface area contributed by atoms with Gasteiger partial charge in [-0.25, -0.2) is 4.79 Å². The third kappa shape index (κ3) is 5.82. The molecule has 1 saturated carbocycles. The van der Waals surface area contributed by atoms with E-state index in [9.17, 15) is 4.79 Å². The number of anilines is 2. The molecule has 0 aliphatic heterocycles. The lowest BCUT2D eigenvalue weighted by molar-refractivity contribution is 0.256. The Morgan fingerprint density at radius 2 is 1.77 bits per heavy atom. The zero-order valence-corrected chi connectivity index (χ0v) is 19.4.